The van der Waals surface area contributed by atoms with Crippen LogP contribution in [0.2, 0.25) is 5.02 Å². The van der Waals surface area contributed by atoms with E-state index in [4.69, 9.17) is 11.6 Å². The van der Waals surface area contributed by atoms with Crippen LogP contribution < -0.4 is 4.72 Å². The van der Waals surface area contributed by atoms with Crippen LogP contribution in [0.3, 0.4) is 0 Å². The molecule has 2 rings (SSSR count). The lowest BCUT2D eigenvalue weighted by atomic mass is 10.3. The normalized spacial score (nSPS) is 11.7. The summed E-state index contributed by atoms with van der Waals surface area (Å²) in [5.74, 6) is 0.226. The lowest BCUT2D eigenvalue weighted by molar-refractivity contribution is 0.582. The Balaban J connectivity index is 2.33. The van der Waals surface area contributed by atoms with Crippen molar-refractivity contribution in [3.05, 3.63) is 23.0 Å². The van der Waals surface area contributed by atoms with E-state index in [0.29, 0.717) is 0 Å². The van der Waals surface area contributed by atoms with E-state index in [9.17, 15) is 8.42 Å². The molecule has 2 aromatic rings. The Morgan fingerprint density at radius 1 is 1.56 bits per heavy atom. The van der Waals surface area contributed by atoms with Crippen LogP contribution >= 0.6 is 11.6 Å². The average Bonchev–Trinajstić information content (AvgIpc) is 2.85. The molecule has 0 aliphatic rings. The number of sulfonamides is 1. The number of nitrogens with one attached hydrogen (secondary N) is 2. The van der Waals surface area contributed by atoms with Gasteiger partial charge >= 0.3 is 0 Å². The maximum atomic E-state index is 12.1. The zero-order chi connectivity index (χ0) is 13.3. The minimum atomic E-state index is -3.79. The average molecular weight is 290 g/mol. The van der Waals surface area contributed by atoms with Gasteiger partial charge in [0, 0.05) is 18.8 Å². The number of H-pyrrole nitrogens is 1. The maximum absolute atomic E-state index is 12.1. The molecule has 0 fully saturated rings. The Kier molecular flexibility index (Phi) is 3.31. The van der Waals surface area contributed by atoms with Crippen molar-refractivity contribution in [3.63, 3.8) is 0 Å². The summed E-state index contributed by atoms with van der Waals surface area (Å²) >= 11 is 5.80. The summed E-state index contributed by atoms with van der Waals surface area (Å²) in [5.41, 5.74) is 0.837. The standard InChI is InChI=1S/C9H12ClN5O2S/c1-3-6-4-8(13-12-6)14-18(16,17)9-7(10)5-11-15(9)2/h4-5H,3H2,1-2H3,(H2,12,13,14). The molecule has 2 N–H and O–H groups in total. The lowest BCUT2D eigenvalue weighted by Crippen LogP contribution is -2.17. The van der Waals surface area contributed by atoms with Gasteiger partial charge in [-0.25, -0.2) is 0 Å². The second-order valence-electron chi connectivity index (χ2n) is 3.66. The van der Waals surface area contributed by atoms with Gasteiger partial charge in [-0.2, -0.15) is 18.6 Å². The van der Waals surface area contributed by atoms with E-state index in [-0.39, 0.29) is 15.9 Å². The van der Waals surface area contributed by atoms with Gasteiger partial charge in [0.05, 0.1) is 11.2 Å². The van der Waals surface area contributed by atoms with Gasteiger partial charge in [0.2, 0.25) is 0 Å². The van der Waals surface area contributed by atoms with Crippen LogP contribution in [0.4, 0.5) is 5.82 Å². The van der Waals surface area contributed by atoms with Crippen molar-refractivity contribution >= 4 is 27.4 Å². The summed E-state index contributed by atoms with van der Waals surface area (Å²) in [6.07, 6.45) is 2.01. The molecule has 9 heteroatoms. The first-order chi connectivity index (χ1) is 8.44. The van der Waals surface area contributed by atoms with Gasteiger partial charge in [0.25, 0.3) is 10.0 Å². The van der Waals surface area contributed by atoms with Crippen molar-refractivity contribution in [1.29, 1.82) is 0 Å². The van der Waals surface area contributed by atoms with E-state index in [1.165, 1.54) is 17.9 Å². The van der Waals surface area contributed by atoms with Crippen LogP contribution in [0.25, 0.3) is 0 Å². The first-order valence-corrected chi connectivity index (χ1v) is 7.04. The topological polar surface area (TPSA) is 92.7 Å². The molecule has 0 atom stereocenters. The number of nitrogens with zero attached hydrogens (tertiary/aromatic N) is 3. The number of aromatic nitrogens is 4. The molecular formula is C9H12ClN5O2S. The van der Waals surface area contributed by atoms with Crippen LogP contribution in [-0.2, 0) is 23.5 Å². The highest BCUT2D eigenvalue weighted by Crippen LogP contribution is 2.22. The SMILES string of the molecule is CCc1cc(NS(=O)(=O)c2c(Cl)cnn2C)n[nH]1. The molecular weight excluding hydrogens is 278 g/mol. The Hall–Kier alpha value is -1.54. The molecule has 0 aromatic carbocycles. The third-order valence-electron chi connectivity index (χ3n) is 2.35. The van der Waals surface area contributed by atoms with Crippen LogP contribution in [0.1, 0.15) is 12.6 Å². The number of hydrogen-bond donors (Lipinski definition) is 2. The molecule has 0 aliphatic heterocycles. The third-order valence-corrected chi connectivity index (χ3v) is 4.21. The zero-order valence-electron chi connectivity index (χ0n) is 9.81. The van der Waals surface area contributed by atoms with Crippen molar-refractivity contribution in [2.75, 3.05) is 4.72 Å². The summed E-state index contributed by atoms with van der Waals surface area (Å²) in [6, 6.07) is 1.63. The number of hydrogen-bond acceptors (Lipinski definition) is 4. The Morgan fingerprint density at radius 2 is 2.28 bits per heavy atom. The van der Waals surface area contributed by atoms with Crippen molar-refractivity contribution in [2.24, 2.45) is 7.05 Å². The quantitative estimate of drug-likeness (QED) is 0.883. The molecule has 0 aliphatic carbocycles. The highest BCUT2D eigenvalue weighted by Gasteiger charge is 2.23. The highest BCUT2D eigenvalue weighted by atomic mass is 35.5. The molecule has 18 heavy (non-hydrogen) atoms. The molecule has 0 spiro atoms. The second-order valence-corrected chi connectivity index (χ2v) is 5.66. The molecule has 0 radical (unpaired) electrons. The molecule has 7 nitrogen and oxygen atoms in total. The number of rotatable bonds is 4. The minimum absolute atomic E-state index is 0.0660. The Labute approximate surface area is 109 Å². The summed E-state index contributed by atoms with van der Waals surface area (Å²) in [5, 5.41) is 10.3. The van der Waals surface area contributed by atoms with Crippen molar-refractivity contribution in [1.82, 2.24) is 20.0 Å². The molecule has 0 saturated carbocycles. The fourth-order valence-electron chi connectivity index (χ4n) is 1.48. The fourth-order valence-corrected chi connectivity index (χ4v) is 3.13. The van der Waals surface area contributed by atoms with Crippen molar-refractivity contribution < 1.29 is 8.42 Å². The van der Waals surface area contributed by atoms with Gasteiger partial charge in [0.1, 0.15) is 0 Å². The third kappa shape index (κ3) is 2.34. The summed E-state index contributed by atoms with van der Waals surface area (Å²) < 4.78 is 27.7. The van der Waals surface area contributed by atoms with Gasteiger partial charge in [-0.15, -0.1) is 0 Å². The van der Waals surface area contributed by atoms with Crippen LogP contribution in [0, 0.1) is 0 Å². The van der Waals surface area contributed by atoms with Gasteiger partial charge in [-0.3, -0.25) is 14.5 Å². The van der Waals surface area contributed by atoms with Crippen molar-refractivity contribution in [2.45, 2.75) is 18.4 Å². The smallest absolute Gasteiger partial charge is 0.280 e. The largest absolute Gasteiger partial charge is 0.281 e. The van der Waals surface area contributed by atoms with Gasteiger partial charge in [0.15, 0.2) is 10.8 Å². The summed E-state index contributed by atoms with van der Waals surface area (Å²) in [7, 11) is -2.29. The first kappa shape index (κ1) is 12.9. The van der Waals surface area contributed by atoms with E-state index in [1.54, 1.807) is 6.07 Å². The minimum Gasteiger partial charge on any atom is -0.280 e. The molecule has 98 valence electrons. The monoisotopic (exact) mass is 289 g/mol. The number of aryl methyl sites for hydroxylation is 2. The van der Waals surface area contributed by atoms with Gasteiger partial charge < -0.3 is 0 Å². The highest BCUT2D eigenvalue weighted by molar-refractivity contribution is 7.92. The predicted octanol–water partition coefficient (Wildman–Crippen LogP) is 1.16. The van der Waals surface area contributed by atoms with Crippen molar-refractivity contribution in [3.8, 4) is 0 Å². The molecule has 2 heterocycles. The number of anilines is 1. The van der Waals surface area contributed by atoms with Gasteiger partial charge in [-0.1, -0.05) is 18.5 Å². The van der Waals surface area contributed by atoms with Gasteiger partial charge in [-0.05, 0) is 6.42 Å². The van der Waals surface area contributed by atoms with E-state index in [2.05, 4.69) is 20.0 Å². The summed E-state index contributed by atoms with van der Waals surface area (Å²) in [6.45, 7) is 1.93. The fraction of sp³-hybridized carbons (Fsp3) is 0.333. The Bertz CT molecular complexity index is 641. The maximum Gasteiger partial charge on any atom is 0.281 e. The van der Waals surface area contributed by atoms with E-state index >= 15 is 0 Å². The van der Waals surface area contributed by atoms with E-state index in [0.717, 1.165) is 12.1 Å². The molecule has 0 amide bonds. The first-order valence-electron chi connectivity index (χ1n) is 5.18. The van der Waals surface area contributed by atoms with Crippen LogP contribution in [0.5, 0.6) is 0 Å². The lowest BCUT2D eigenvalue weighted by Gasteiger charge is -2.05. The number of halogens is 1. The van der Waals surface area contributed by atoms with E-state index in [1.807, 2.05) is 6.92 Å². The molecule has 0 unspecified atom stereocenters. The predicted molar refractivity (Wildman–Crippen MR) is 67.0 cm³/mol. The second kappa shape index (κ2) is 4.62. The molecule has 0 bridgehead atoms. The number of aromatic amines is 1. The molecule has 2 aromatic heterocycles. The van der Waals surface area contributed by atoms with Crippen LogP contribution in [0.15, 0.2) is 17.3 Å². The van der Waals surface area contributed by atoms with E-state index < -0.39 is 10.0 Å². The Morgan fingerprint density at radius 3 is 2.78 bits per heavy atom. The molecule has 0 saturated heterocycles. The zero-order valence-corrected chi connectivity index (χ0v) is 11.4. The summed E-state index contributed by atoms with van der Waals surface area (Å²) in [4.78, 5) is 0. The van der Waals surface area contributed by atoms with Crippen LogP contribution in [-0.4, -0.2) is 28.4 Å².